The molecular formula is C13H20N2O2. The molecule has 2 N–H and O–H groups in total. The molecule has 0 heterocycles. The van der Waals surface area contributed by atoms with Crippen LogP contribution in [-0.2, 0) is 4.74 Å². The zero-order valence-corrected chi connectivity index (χ0v) is 10.4. The fourth-order valence-corrected chi connectivity index (χ4v) is 1.49. The molecule has 0 radical (unpaired) electrons. The molecule has 0 aliphatic carbocycles. The number of amides is 2. The minimum Gasteiger partial charge on any atom is -0.385 e. The molecule has 0 fully saturated rings. The Morgan fingerprint density at radius 3 is 2.71 bits per heavy atom. The summed E-state index contributed by atoms with van der Waals surface area (Å²) in [5.74, 6) is 0. The van der Waals surface area contributed by atoms with Crippen molar-refractivity contribution < 1.29 is 9.53 Å². The van der Waals surface area contributed by atoms with Crippen LogP contribution < -0.4 is 10.6 Å². The molecule has 4 nitrogen and oxygen atoms in total. The van der Waals surface area contributed by atoms with E-state index in [2.05, 4.69) is 10.6 Å². The van der Waals surface area contributed by atoms with E-state index >= 15 is 0 Å². The summed E-state index contributed by atoms with van der Waals surface area (Å²) in [6, 6.07) is 9.75. The van der Waals surface area contributed by atoms with Crippen LogP contribution in [0, 0.1) is 0 Å². The first-order chi connectivity index (χ1) is 8.24. The highest BCUT2D eigenvalue weighted by Gasteiger charge is 2.07. The number of urea groups is 1. The van der Waals surface area contributed by atoms with Crippen molar-refractivity contribution in [2.75, 3.05) is 20.3 Å². The number of ether oxygens (including phenoxy) is 1. The lowest BCUT2D eigenvalue weighted by Gasteiger charge is -2.14. The lowest BCUT2D eigenvalue weighted by molar-refractivity contribution is 0.193. The van der Waals surface area contributed by atoms with Crippen LogP contribution in [0.25, 0.3) is 0 Å². The molecule has 0 saturated carbocycles. The number of rotatable bonds is 6. The first kappa shape index (κ1) is 13.5. The Balaban J connectivity index is 2.26. The van der Waals surface area contributed by atoms with Gasteiger partial charge in [0, 0.05) is 20.3 Å². The van der Waals surface area contributed by atoms with Crippen LogP contribution in [0.3, 0.4) is 0 Å². The Hall–Kier alpha value is -1.55. The number of carbonyl (C=O) groups excluding carboxylic acids is 1. The Morgan fingerprint density at radius 1 is 1.35 bits per heavy atom. The molecule has 2 amide bonds. The van der Waals surface area contributed by atoms with Gasteiger partial charge in [0.2, 0.25) is 0 Å². The molecule has 94 valence electrons. The van der Waals surface area contributed by atoms with Crippen LogP contribution in [0.2, 0.25) is 0 Å². The van der Waals surface area contributed by atoms with E-state index in [1.807, 2.05) is 37.3 Å². The van der Waals surface area contributed by atoms with Gasteiger partial charge in [-0.3, -0.25) is 0 Å². The van der Waals surface area contributed by atoms with Crippen molar-refractivity contribution >= 4 is 6.03 Å². The summed E-state index contributed by atoms with van der Waals surface area (Å²) in [5.41, 5.74) is 1.10. The number of benzene rings is 1. The van der Waals surface area contributed by atoms with Crippen molar-refractivity contribution in [1.29, 1.82) is 0 Å². The number of carbonyl (C=O) groups is 1. The zero-order valence-electron chi connectivity index (χ0n) is 10.4. The van der Waals surface area contributed by atoms with E-state index < -0.39 is 0 Å². The lowest BCUT2D eigenvalue weighted by Crippen LogP contribution is -2.37. The van der Waals surface area contributed by atoms with E-state index in [0.717, 1.165) is 12.0 Å². The highest BCUT2D eigenvalue weighted by atomic mass is 16.5. The van der Waals surface area contributed by atoms with Crippen molar-refractivity contribution in [3.8, 4) is 0 Å². The fraction of sp³-hybridized carbons (Fsp3) is 0.462. The molecule has 0 unspecified atom stereocenters. The first-order valence-electron chi connectivity index (χ1n) is 5.82. The third kappa shape index (κ3) is 5.36. The quantitative estimate of drug-likeness (QED) is 0.743. The molecule has 0 bridgehead atoms. The van der Waals surface area contributed by atoms with Crippen molar-refractivity contribution in [3.63, 3.8) is 0 Å². The number of hydrogen-bond acceptors (Lipinski definition) is 2. The van der Waals surface area contributed by atoms with Crippen LogP contribution in [0.5, 0.6) is 0 Å². The molecule has 0 aromatic heterocycles. The van der Waals surface area contributed by atoms with Gasteiger partial charge in [-0.05, 0) is 18.9 Å². The maximum Gasteiger partial charge on any atom is 0.315 e. The van der Waals surface area contributed by atoms with Crippen molar-refractivity contribution in [3.05, 3.63) is 35.9 Å². The van der Waals surface area contributed by atoms with Gasteiger partial charge in [-0.1, -0.05) is 30.3 Å². The third-order valence-corrected chi connectivity index (χ3v) is 2.46. The molecule has 0 aliphatic heterocycles. The first-order valence-corrected chi connectivity index (χ1v) is 5.82. The molecule has 1 aromatic carbocycles. The number of nitrogens with one attached hydrogen (secondary N) is 2. The summed E-state index contributed by atoms with van der Waals surface area (Å²) < 4.78 is 4.90. The second-order valence-electron chi connectivity index (χ2n) is 3.88. The maximum atomic E-state index is 11.5. The molecule has 0 aliphatic rings. The smallest absolute Gasteiger partial charge is 0.315 e. The van der Waals surface area contributed by atoms with E-state index in [1.165, 1.54) is 0 Å². The second kappa shape index (κ2) is 7.68. The molecule has 0 spiro atoms. The van der Waals surface area contributed by atoms with Gasteiger partial charge in [-0.2, -0.15) is 0 Å². The van der Waals surface area contributed by atoms with E-state index in [4.69, 9.17) is 4.74 Å². The monoisotopic (exact) mass is 236 g/mol. The zero-order chi connectivity index (χ0) is 12.5. The van der Waals surface area contributed by atoms with Crippen LogP contribution >= 0.6 is 0 Å². The minimum absolute atomic E-state index is 0.0126. The standard InChI is InChI=1S/C13H20N2O2/c1-11(12-7-4-3-5-8-12)15-13(16)14-9-6-10-17-2/h3-5,7-8,11H,6,9-10H2,1-2H3,(H2,14,15,16)/t11-/m1/s1. The summed E-state index contributed by atoms with van der Waals surface area (Å²) in [4.78, 5) is 11.5. The van der Waals surface area contributed by atoms with Crippen molar-refractivity contribution in [1.82, 2.24) is 10.6 Å². The normalized spacial score (nSPS) is 11.9. The van der Waals surface area contributed by atoms with E-state index in [0.29, 0.717) is 13.2 Å². The molecule has 1 rings (SSSR count). The van der Waals surface area contributed by atoms with Crippen LogP contribution in [0.15, 0.2) is 30.3 Å². The average Bonchev–Trinajstić information content (AvgIpc) is 2.36. The largest absolute Gasteiger partial charge is 0.385 e. The topological polar surface area (TPSA) is 50.4 Å². The molecule has 17 heavy (non-hydrogen) atoms. The maximum absolute atomic E-state index is 11.5. The van der Waals surface area contributed by atoms with Gasteiger partial charge in [0.15, 0.2) is 0 Å². The summed E-state index contributed by atoms with van der Waals surface area (Å²) in [5, 5.41) is 5.67. The average molecular weight is 236 g/mol. The number of methoxy groups -OCH3 is 1. The summed E-state index contributed by atoms with van der Waals surface area (Å²) in [7, 11) is 1.65. The Bertz CT molecular complexity index is 327. The third-order valence-electron chi connectivity index (χ3n) is 2.46. The van der Waals surface area contributed by atoms with E-state index in [-0.39, 0.29) is 12.1 Å². The molecule has 1 aromatic rings. The van der Waals surface area contributed by atoms with Gasteiger partial charge >= 0.3 is 6.03 Å². The highest BCUT2D eigenvalue weighted by molar-refractivity contribution is 5.74. The van der Waals surface area contributed by atoms with Gasteiger partial charge in [0.05, 0.1) is 6.04 Å². The van der Waals surface area contributed by atoms with Gasteiger partial charge in [0.25, 0.3) is 0 Å². The Kier molecular flexibility index (Phi) is 6.10. The van der Waals surface area contributed by atoms with Crippen LogP contribution in [-0.4, -0.2) is 26.3 Å². The Labute approximate surface area is 102 Å². The predicted molar refractivity (Wildman–Crippen MR) is 67.9 cm³/mol. The minimum atomic E-state index is -0.141. The molecule has 0 saturated heterocycles. The highest BCUT2D eigenvalue weighted by Crippen LogP contribution is 2.10. The molecule has 4 heteroatoms. The summed E-state index contributed by atoms with van der Waals surface area (Å²) in [6.45, 7) is 3.25. The van der Waals surface area contributed by atoms with Gasteiger partial charge in [0.1, 0.15) is 0 Å². The molecular weight excluding hydrogens is 216 g/mol. The summed E-state index contributed by atoms with van der Waals surface area (Å²) >= 11 is 0. The predicted octanol–water partition coefficient (Wildman–Crippen LogP) is 2.08. The van der Waals surface area contributed by atoms with Gasteiger partial charge in [-0.25, -0.2) is 4.79 Å². The van der Waals surface area contributed by atoms with E-state index in [1.54, 1.807) is 7.11 Å². The van der Waals surface area contributed by atoms with Gasteiger partial charge in [-0.15, -0.1) is 0 Å². The van der Waals surface area contributed by atoms with Crippen molar-refractivity contribution in [2.24, 2.45) is 0 Å². The second-order valence-corrected chi connectivity index (χ2v) is 3.88. The number of hydrogen-bond donors (Lipinski definition) is 2. The molecule has 1 atom stereocenters. The van der Waals surface area contributed by atoms with E-state index in [9.17, 15) is 4.79 Å². The Morgan fingerprint density at radius 2 is 2.06 bits per heavy atom. The van der Waals surface area contributed by atoms with Gasteiger partial charge < -0.3 is 15.4 Å². The summed E-state index contributed by atoms with van der Waals surface area (Å²) in [6.07, 6.45) is 0.823. The van der Waals surface area contributed by atoms with Crippen LogP contribution in [0.1, 0.15) is 24.9 Å². The van der Waals surface area contributed by atoms with Crippen molar-refractivity contribution in [2.45, 2.75) is 19.4 Å². The lowest BCUT2D eigenvalue weighted by atomic mass is 10.1. The fourth-order valence-electron chi connectivity index (χ4n) is 1.49. The van der Waals surface area contributed by atoms with Crippen LogP contribution in [0.4, 0.5) is 4.79 Å². The SMILES string of the molecule is COCCCNC(=O)N[C@H](C)c1ccccc1.